The molecule has 0 bridgehead atoms. The number of benzene rings is 2. The van der Waals surface area contributed by atoms with Crippen LogP contribution in [0.1, 0.15) is 29.3 Å². The Hall–Kier alpha value is -2.38. The van der Waals surface area contributed by atoms with Gasteiger partial charge >= 0.3 is 0 Å². The standard InChI is InChI=1S/C21H29N3O3S/c1-4-13-28(26,27)23-19-12-8-11-18(15-19)21(25)22-16-20(24(2)3)14-17-9-6-5-7-10-17/h5-12,15,20,23H,4,13-14,16H2,1-3H3,(H,22,25). The van der Waals surface area contributed by atoms with Crippen molar-refractivity contribution >= 4 is 21.6 Å². The highest BCUT2D eigenvalue weighted by atomic mass is 32.2. The molecular weight excluding hydrogens is 374 g/mol. The lowest BCUT2D eigenvalue weighted by atomic mass is 10.0. The summed E-state index contributed by atoms with van der Waals surface area (Å²) in [6, 6.07) is 16.8. The van der Waals surface area contributed by atoms with Crippen LogP contribution < -0.4 is 10.0 Å². The Balaban J connectivity index is 2.00. The van der Waals surface area contributed by atoms with Gasteiger partial charge in [-0.1, -0.05) is 43.3 Å². The Morgan fingerprint density at radius 3 is 2.43 bits per heavy atom. The van der Waals surface area contributed by atoms with Crippen molar-refractivity contribution in [3.05, 3.63) is 65.7 Å². The maximum absolute atomic E-state index is 12.6. The maximum atomic E-state index is 12.6. The van der Waals surface area contributed by atoms with Crippen LogP contribution in [0, 0.1) is 0 Å². The molecule has 2 aromatic rings. The zero-order chi connectivity index (χ0) is 20.6. The molecule has 0 aliphatic rings. The number of carbonyl (C=O) groups excluding carboxylic acids is 1. The highest BCUT2D eigenvalue weighted by Crippen LogP contribution is 2.13. The van der Waals surface area contributed by atoms with Crippen molar-refractivity contribution in [3.63, 3.8) is 0 Å². The van der Waals surface area contributed by atoms with Gasteiger partial charge in [0.25, 0.3) is 5.91 Å². The lowest BCUT2D eigenvalue weighted by Gasteiger charge is -2.25. The van der Waals surface area contributed by atoms with Gasteiger partial charge in [0, 0.05) is 23.8 Å². The second-order valence-electron chi connectivity index (χ2n) is 7.02. The molecule has 0 radical (unpaired) electrons. The predicted molar refractivity (Wildman–Crippen MR) is 114 cm³/mol. The van der Waals surface area contributed by atoms with Gasteiger partial charge in [-0.25, -0.2) is 8.42 Å². The molecular formula is C21H29N3O3S. The first kappa shape index (κ1) is 21.9. The molecule has 7 heteroatoms. The number of nitrogens with zero attached hydrogens (tertiary/aromatic N) is 1. The SMILES string of the molecule is CCCS(=O)(=O)Nc1cccc(C(=O)NCC(Cc2ccccc2)N(C)C)c1. The van der Waals surface area contributed by atoms with Crippen LogP contribution in [0.4, 0.5) is 5.69 Å². The largest absolute Gasteiger partial charge is 0.350 e. The molecule has 0 aliphatic carbocycles. The van der Waals surface area contributed by atoms with Gasteiger partial charge in [-0.3, -0.25) is 9.52 Å². The number of rotatable bonds is 10. The molecule has 1 atom stereocenters. The van der Waals surface area contributed by atoms with Gasteiger partial charge in [0.2, 0.25) is 10.0 Å². The fourth-order valence-electron chi connectivity index (χ4n) is 2.86. The summed E-state index contributed by atoms with van der Waals surface area (Å²) in [5.41, 5.74) is 2.03. The fourth-order valence-corrected chi connectivity index (χ4v) is 3.98. The van der Waals surface area contributed by atoms with E-state index in [2.05, 4.69) is 27.1 Å². The lowest BCUT2D eigenvalue weighted by molar-refractivity contribution is 0.0941. The Morgan fingerprint density at radius 1 is 1.07 bits per heavy atom. The number of amides is 1. The summed E-state index contributed by atoms with van der Waals surface area (Å²) in [6.07, 6.45) is 1.35. The monoisotopic (exact) mass is 403 g/mol. The van der Waals surface area contributed by atoms with Crippen LogP contribution in [0.3, 0.4) is 0 Å². The van der Waals surface area contributed by atoms with E-state index in [0.29, 0.717) is 24.2 Å². The molecule has 0 fully saturated rings. The van der Waals surface area contributed by atoms with Crippen LogP contribution in [0.25, 0.3) is 0 Å². The molecule has 0 saturated heterocycles. The number of nitrogens with one attached hydrogen (secondary N) is 2. The Morgan fingerprint density at radius 2 is 1.79 bits per heavy atom. The minimum atomic E-state index is -3.39. The molecule has 0 spiro atoms. The van der Waals surface area contributed by atoms with E-state index < -0.39 is 10.0 Å². The number of hydrogen-bond acceptors (Lipinski definition) is 4. The van der Waals surface area contributed by atoms with Gasteiger partial charge < -0.3 is 10.2 Å². The third-order valence-electron chi connectivity index (χ3n) is 4.41. The molecule has 2 aromatic carbocycles. The second-order valence-corrected chi connectivity index (χ2v) is 8.86. The molecule has 0 heterocycles. The minimum absolute atomic E-state index is 0.0490. The van der Waals surface area contributed by atoms with Crippen LogP contribution in [-0.2, 0) is 16.4 Å². The molecule has 0 aliphatic heterocycles. The van der Waals surface area contributed by atoms with E-state index in [1.165, 1.54) is 5.56 Å². The van der Waals surface area contributed by atoms with Crippen LogP contribution in [-0.4, -0.2) is 51.7 Å². The molecule has 6 nitrogen and oxygen atoms in total. The number of carbonyl (C=O) groups is 1. The number of hydrogen-bond donors (Lipinski definition) is 2. The molecule has 2 N–H and O–H groups in total. The molecule has 28 heavy (non-hydrogen) atoms. The smallest absolute Gasteiger partial charge is 0.251 e. The first-order chi connectivity index (χ1) is 13.3. The highest BCUT2D eigenvalue weighted by molar-refractivity contribution is 7.92. The number of sulfonamides is 1. The summed E-state index contributed by atoms with van der Waals surface area (Å²) >= 11 is 0. The van der Waals surface area contributed by atoms with Crippen LogP contribution >= 0.6 is 0 Å². The molecule has 1 amide bonds. The second kappa shape index (κ2) is 10.2. The maximum Gasteiger partial charge on any atom is 0.251 e. The van der Waals surface area contributed by atoms with E-state index in [0.717, 1.165) is 6.42 Å². The summed E-state index contributed by atoms with van der Waals surface area (Å²) < 4.78 is 26.4. The van der Waals surface area contributed by atoms with Crippen LogP contribution in [0.2, 0.25) is 0 Å². The zero-order valence-electron chi connectivity index (χ0n) is 16.7. The van der Waals surface area contributed by atoms with E-state index in [1.54, 1.807) is 31.2 Å². The molecule has 0 aromatic heterocycles. The van der Waals surface area contributed by atoms with Gasteiger partial charge in [0.05, 0.1) is 5.75 Å². The zero-order valence-corrected chi connectivity index (χ0v) is 17.5. The highest BCUT2D eigenvalue weighted by Gasteiger charge is 2.15. The van der Waals surface area contributed by atoms with E-state index >= 15 is 0 Å². The number of anilines is 1. The van der Waals surface area contributed by atoms with Gasteiger partial charge in [0.15, 0.2) is 0 Å². The van der Waals surface area contributed by atoms with E-state index in [9.17, 15) is 13.2 Å². The molecule has 1 unspecified atom stereocenters. The predicted octanol–water partition coefficient (Wildman–Crippen LogP) is 2.74. The summed E-state index contributed by atoms with van der Waals surface area (Å²) in [4.78, 5) is 14.6. The van der Waals surface area contributed by atoms with Gasteiger partial charge in [-0.2, -0.15) is 0 Å². The van der Waals surface area contributed by atoms with Crippen LogP contribution in [0.15, 0.2) is 54.6 Å². The Labute approximate surface area is 168 Å². The first-order valence-corrected chi connectivity index (χ1v) is 11.0. The van der Waals surface area contributed by atoms with Crippen molar-refractivity contribution in [2.75, 3.05) is 31.1 Å². The normalized spacial score (nSPS) is 12.6. The van der Waals surface area contributed by atoms with Crippen LogP contribution in [0.5, 0.6) is 0 Å². The van der Waals surface area contributed by atoms with Crippen molar-refractivity contribution in [1.82, 2.24) is 10.2 Å². The average molecular weight is 404 g/mol. The topological polar surface area (TPSA) is 78.5 Å². The lowest BCUT2D eigenvalue weighted by Crippen LogP contribution is -2.41. The molecule has 2 rings (SSSR count). The Bertz CT molecular complexity index is 867. The van der Waals surface area contributed by atoms with Crippen molar-refractivity contribution in [2.24, 2.45) is 0 Å². The van der Waals surface area contributed by atoms with Crippen molar-refractivity contribution in [1.29, 1.82) is 0 Å². The summed E-state index contributed by atoms with van der Waals surface area (Å²) in [7, 11) is 0.591. The number of likely N-dealkylation sites (N-methyl/N-ethyl adjacent to an activating group) is 1. The van der Waals surface area contributed by atoms with Gasteiger partial charge in [0.1, 0.15) is 0 Å². The minimum Gasteiger partial charge on any atom is -0.350 e. The molecule has 152 valence electrons. The van der Waals surface area contributed by atoms with E-state index in [4.69, 9.17) is 0 Å². The van der Waals surface area contributed by atoms with Crippen molar-refractivity contribution in [3.8, 4) is 0 Å². The third-order valence-corrected chi connectivity index (χ3v) is 5.91. The van der Waals surface area contributed by atoms with Crippen molar-refractivity contribution < 1.29 is 13.2 Å². The van der Waals surface area contributed by atoms with E-state index in [-0.39, 0.29) is 17.7 Å². The fraction of sp³-hybridized carbons (Fsp3) is 0.381. The quantitative estimate of drug-likeness (QED) is 0.639. The Kier molecular flexibility index (Phi) is 8.02. The van der Waals surface area contributed by atoms with Gasteiger partial charge in [-0.05, 0) is 50.7 Å². The summed E-state index contributed by atoms with van der Waals surface area (Å²) in [5, 5.41) is 2.96. The first-order valence-electron chi connectivity index (χ1n) is 9.40. The average Bonchev–Trinajstić information content (AvgIpc) is 2.65. The summed E-state index contributed by atoms with van der Waals surface area (Å²) in [5.74, 6) is -0.176. The van der Waals surface area contributed by atoms with Gasteiger partial charge in [-0.15, -0.1) is 0 Å². The third kappa shape index (κ3) is 6.98. The summed E-state index contributed by atoms with van der Waals surface area (Å²) in [6.45, 7) is 2.30. The van der Waals surface area contributed by atoms with Crippen molar-refractivity contribution in [2.45, 2.75) is 25.8 Å². The van der Waals surface area contributed by atoms with E-state index in [1.807, 2.05) is 32.3 Å². The molecule has 0 saturated carbocycles.